The molecular formula is C24H23F3N2O6. The molecule has 1 aliphatic heterocycles. The molecule has 186 valence electrons. The van der Waals surface area contributed by atoms with Crippen LogP contribution in [0.4, 0.5) is 18.0 Å². The van der Waals surface area contributed by atoms with Gasteiger partial charge in [-0.1, -0.05) is 48.5 Å². The first kappa shape index (κ1) is 24.5. The predicted molar refractivity (Wildman–Crippen MR) is 116 cm³/mol. The van der Waals surface area contributed by atoms with E-state index in [9.17, 15) is 37.8 Å². The monoisotopic (exact) mass is 492 g/mol. The minimum atomic E-state index is -4.83. The Labute approximate surface area is 198 Å². The van der Waals surface area contributed by atoms with E-state index in [2.05, 4.69) is 0 Å². The summed E-state index contributed by atoms with van der Waals surface area (Å²) >= 11 is 0. The third kappa shape index (κ3) is 5.24. The number of β-amino-alcohol motifs (C(OH)–C–C–N with tert-alkyl or cyclic N) is 1. The lowest BCUT2D eigenvalue weighted by Crippen LogP contribution is -2.53. The van der Waals surface area contributed by atoms with Crippen LogP contribution in [-0.4, -0.2) is 70.6 Å². The predicted octanol–water partition coefficient (Wildman–Crippen LogP) is 2.89. The fourth-order valence-electron chi connectivity index (χ4n) is 4.71. The van der Waals surface area contributed by atoms with Gasteiger partial charge in [-0.15, -0.1) is 0 Å². The standard InChI is InChI=1S/C24H23F3N2O6/c25-24(26,27)10-19(21(31)29-11-13(30)9-20(29)22(32)33)28-23(34)35-12-18-16-7-3-1-5-14(16)15-6-2-4-8-17(15)18/h1-8,13,18-20,30H,9-12H2,(H,28,34)(H,32,33)/t13-,19?,20+/m1/s1. The van der Waals surface area contributed by atoms with Crippen LogP contribution in [0.5, 0.6) is 0 Å². The highest BCUT2D eigenvalue weighted by atomic mass is 19.4. The number of hydrogen-bond acceptors (Lipinski definition) is 5. The number of aliphatic carboxylic acids is 1. The quantitative estimate of drug-likeness (QED) is 0.571. The lowest BCUT2D eigenvalue weighted by atomic mass is 9.98. The molecule has 1 unspecified atom stereocenters. The Morgan fingerprint density at radius 3 is 2.17 bits per heavy atom. The second-order valence-electron chi connectivity index (χ2n) is 8.58. The lowest BCUT2D eigenvalue weighted by Gasteiger charge is -2.27. The molecule has 3 N–H and O–H groups in total. The lowest BCUT2D eigenvalue weighted by molar-refractivity contribution is -0.158. The van der Waals surface area contributed by atoms with Gasteiger partial charge < -0.3 is 25.2 Å². The zero-order valence-electron chi connectivity index (χ0n) is 18.4. The van der Waals surface area contributed by atoms with Gasteiger partial charge in [0.2, 0.25) is 5.91 Å². The summed E-state index contributed by atoms with van der Waals surface area (Å²) in [6.45, 7) is -0.622. The molecule has 0 aromatic heterocycles. The topological polar surface area (TPSA) is 116 Å². The molecule has 4 rings (SSSR count). The average molecular weight is 492 g/mol. The van der Waals surface area contributed by atoms with Crippen LogP contribution < -0.4 is 5.32 Å². The van der Waals surface area contributed by atoms with Crippen molar-refractivity contribution in [2.24, 2.45) is 0 Å². The number of ether oxygens (including phenoxy) is 1. The number of carboxylic acids is 1. The average Bonchev–Trinajstić information content (AvgIpc) is 3.34. The first-order chi connectivity index (χ1) is 16.5. The van der Waals surface area contributed by atoms with Crippen molar-refractivity contribution in [3.05, 3.63) is 59.7 Å². The largest absolute Gasteiger partial charge is 0.480 e. The minimum Gasteiger partial charge on any atom is -0.480 e. The van der Waals surface area contributed by atoms with Gasteiger partial charge in [-0.25, -0.2) is 9.59 Å². The van der Waals surface area contributed by atoms with Gasteiger partial charge >= 0.3 is 18.2 Å². The molecular weight excluding hydrogens is 469 g/mol. The number of likely N-dealkylation sites (tertiary alicyclic amines) is 1. The van der Waals surface area contributed by atoms with E-state index in [4.69, 9.17) is 4.74 Å². The van der Waals surface area contributed by atoms with Crippen molar-refractivity contribution < 1.29 is 42.5 Å². The van der Waals surface area contributed by atoms with Crippen LogP contribution in [0.3, 0.4) is 0 Å². The third-order valence-corrected chi connectivity index (χ3v) is 6.22. The van der Waals surface area contributed by atoms with Crippen LogP contribution in [0.2, 0.25) is 0 Å². The summed E-state index contributed by atoms with van der Waals surface area (Å²) in [6, 6.07) is 11.4. The fourth-order valence-corrected chi connectivity index (χ4v) is 4.71. The zero-order chi connectivity index (χ0) is 25.3. The van der Waals surface area contributed by atoms with Crippen molar-refractivity contribution in [1.29, 1.82) is 0 Å². The number of fused-ring (bicyclic) bond motifs is 3. The van der Waals surface area contributed by atoms with Crippen LogP contribution >= 0.6 is 0 Å². The number of nitrogens with zero attached hydrogens (tertiary/aromatic N) is 1. The molecule has 2 aromatic rings. The van der Waals surface area contributed by atoms with E-state index in [-0.39, 0.29) is 18.9 Å². The van der Waals surface area contributed by atoms with E-state index in [1.54, 1.807) is 0 Å². The SMILES string of the molecule is O=C(NC(CC(F)(F)F)C(=O)N1C[C@H](O)C[C@H]1C(=O)O)OCC1c2ccccc2-c2ccccc21. The van der Waals surface area contributed by atoms with Gasteiger partial charge in [0.15, 0.2) is 0 Å². The number of alkyl carbamates (subject to hydrolysis) is 1. The van der Waals surface area contributed by atoms with Gasteiger partial charge in [-0.3, -0.25) is 4.79 Å². The van der Waals surface area contributed by atoms with Crippen LogP contribution in [0, 0.1) is 0 Å². The van der Waals surface area contributed by atoms with Crippen LogP contribution in [0.15, 0.2) is 48.5 Å². The molecule has 8 nitrogen and oxygen atoms in total. The van der Waals surface area contributed by atoms with E-state index in [0.717, 1.165) is 22.3 Å². The van der Waals surface area contributed by atoms with Crippen molar-refractivity contribution in [2.75, 3.05) is 13.2 Å². The van der Waals surface area contributed by atoms with E-state index < -0.39 is 55.3 Å². The number of hydrogen-bond donors (Lipinski definition) is 3. The molecule has 1 fully saturated rings. The molecule has 2 aromatic carbocycles. The molecule has 0 bridgehead atoms. The van der Waals surface area contributed by atoms with Gasteiger partial charge in [-0.05, 0) is 22.3 Å². The van der Waals surface area contributed by atoms with Crippen LogP contribution in [-0.2, 0) is 14.3 Å². The first-order valence-corrected chi connectivity index (χ1v) is 10.9. The summed E-state index contributed by atoms with van der Waals surface area (Å²) in [7, 11) is 0. The Bertz CT molecular complexity index is 1090. The number of aliphatic hydroxyl groups excluding tert-OH is 1. The number of alkyl halides is 3. The summed E-state index contributed by atoms with van der Waals surface area (Å²) in [5, 5.41) is 21.0. The molecule has 35 heavy (non-hydrogen) atoms. The minimum absolute atomic E-state index is 0.174. The van der Waals surface area contributed by atoms with Gasteiger partial charge in [0.25, 0.3) is 0 Å². The summed E-state index contributed by atoms with van der Waals surface area (Å²) in [5.41, 5.74) is 3.74. The Kier molecular flexibility index (Phi) is 6.70. The Morgan fingerprint density at radius 2 is 1.63 bits per heavy atom. The maximum atomic E-state index is 13.2. The van der Waals surface area contributed by atoms with Crippen LogP contribution in [0.25, 0.3) is 11.1 Å². The highest BCUT2D eigenvalue weighted by molar-refractivity contribution is 5.90. The first-order valence-electron chi connectivity index (χ1n) is 10.9. The highest BCUT2D eigenvalue weighted by Gasteiger charge is 2.45. The number of halogens is 3. The Balaban J connectivity index is 1.47. The number of carbonyl (C=O) groups is 3. The van der Waals surface area contributed by atoms with Gasteiger partial charge in [0.1, 0.15) is 18.7 Å². The van der Waals surface area contributed by atoms with Gasteiger partial charge in [-0.2, -0.15) is 13.2 Å². The molecule has 1 aliphatic carbocycles. The summed E-state index contributed by atoms with van der Waals surface area (Å²) in [4.78, 5) is 37.3. The Hall–Kier alpha value is -3.60. The molecule has 1 heterocycles. The molecule has 0 radical (unpaired) electrons. The van der Waals surface area contributed by atoms with Gasteiger partial charge in [0, 0.05) is 18.9 Å². The van der Waals surface area contributed by atoms with E-state index >= 15 is 0 Å². The molecule has 2 aliphatic rings. The molecule has 2 amide bonds. The van der Waals surface area contributed by atoms with Crippen molar-refractivity contribution in [2.45, 2.75) is 43.1 Å². The van der Waals surface area contributed by atoms with Crippen molar-refractivity contribution in [1.82, 2.24) is 10.2 Å². The normalized spacial score (nSPS) is 20.2. The maximum Gasteiger partial charge on any atom is 0.407 e. The van der Waals surface area contributed by atoms with Gasteiger partial charge in [0.05, 0.1) is 12.5 Å². The number of aliphatic hydroxyl groups is 1. The third-order valence-electron chi connectivity index (χ3n) is 6.22. The summed E-state index contributed by atoms with van der Waals surface area (Å²) < 4.78 is 44.7. The molecule has 0 spiro atoms. The summed E-state index contributed by atoms with van der Waals surface area (Å²) in [5.74, 6) is -3.04. The number of nitrogens with one attached hydrogen (secondary N) is 1. The van der Waals surface area contributed by atoms with Crippen molar-refractivity contribution in [3.8, 4) is 11.1 Å². The van der Waals surface area contributed by atoms with Crippen LogP contribution in [0.1, 0.15) is 29.9 Å². The number of amides is 2. The summed E-state index contributed by atoms with van der Waals surface area (Å²) in [6.07, 6.45) is -9.28. The van der Waals surface area contributed by atoms with E-state index in [1.807, 2.05) is 53.8 Å². The number of rotatable bonds is 6. The maximum absolute atomic E-state index is 13.2. The number of carboxylic acid groups (broad SMARTS) is 1. The molecule has 11 heteroatoms. The zero-order valence-corrected chi connectivity index (χ0v) is 18.4. The second kappa shape index (κ2) is 9.57. The van der Waals surface area contributed by atoms with E-state index in [1.165, 1.54) is 0 Å². The van der Waals surface area contributed by atoms with Crippen molar-refractivity contribution >= 4 is 18.0 Å². The molecule has 1 saturated heterocycles. The highest BCUT2D eigenvalue weighted by Crippen LogP contribution is 2.44. The fraction of sp³-hybridized carbons (Fsp3) is 0.375. The van der Waals surface area contributed by atoms with E-state index in [0.29, 0.717) is 4.90 Å². The smallest absolute Gasteiger partial charge is 0.407 e. The second-order valence-corrected chi connectivity index (χ2v) is 8.58. The number of carbonyl (C=O) groups excluding carboxylic acids is 2. The number of benzene rings is 2. The Morgan fingerprint density at radius 1 is 1.06 bits per heavy atom. The molecule has 0 saturated carbocycles. The molecule has 3 atom stereocenters. The van der Waals surface area contributed by atoms with Crippen molar-refractivity contribution in [3.63, 3.8) is 0 Å².